The minimum atomic E-state index is 0. The summed E-state index contributed by atoms with van der Waals surface area (Å²) in [5.41, 5.74) is 0. The Balaban J connectivity index is 0.000000640. The second kappa shape index (κ2) is 3.82. The van der Waals surface area contributed by atoms with Gasteiger partial charge < -0.3 is 12.4 Å². The van der Waals surface area contributed by atoms with Crippen molar-refractivity contribution in [3.8, 4) is 0 Å². The van der Waals surface area contributed by atoms with Gasteiger partial charge in [-0.1, -0.05) is 6.07 Å². The summed E-state index contributed by atoms with van der Waals surface area (Å²) in [5, 5.41) is 1.49. The van der Waals surface area contributed by atoms with E-state index in [1.54, 1.807) is 0 Å². The first-order chi connectivity index (χ1) is 3.80. The van der Waals surface area contributed by atoms with Crippen LogP contribution in [0.15, 0.2) is 24.4 Å². The molecule has 0 aliphatic rings. The van der Waals surface area contributed by atoms with Gasteiger partial charge in [-0.3, -0.25) is 4.23 Å². The number of halogens is 1. The Bertz CT molecular complexity index is 171. The summed E-state index contributed by atoms with van der Waals surface area (Å²) >= 11 is 0. The molecule has 0 aromatic carbocycles. The van der Waals surface area contributed by atoms with Crippen molar-refractivity contribution in [3.63, 3.8) is 0 Å². The Morgan fingerprint density at radius 1 is 1.33 bits per heavy atom. The van der Waals surface area contributed by atoms with Crippen molar-refractivity contribution in [1.82, 2.24) is 0 Å². The molecule has 1 rings (SSSR count). The molecule has 4 heteroatoms. The maximum atomic E-state index is 2.28. The van der Waals surface area contributed by atoms with Crippen molar-refractivity contribution < 1.29 is 16.6 Å². The molecule has 0 saturated carbocycles. The molecular weight excluding hydrogens is 166 g/mol. The maximum Gasteiger partial charge on any atom is 0.317 e. The smallest absolute Gasteiger partial charge is 0.317 e. The van der Waals surface area contributed by atoms with Crippen molar-refractivity contribution in [2.24, 2.45) is 0 Å². The van der Waals surface area contributed by atoms with Gasteiger partial charge in [0.25, 0.3) is 0 Å². The summed E-state index contributed by atoms with van der Waals surface area (Å²) in [4.78, 5) is 0. The molecule has 0 N–H and O–H groups in total. The fraction of sp³-hybridized carbons (Fsp3) is 0. The maximum absolute atomic E-state index is 2.28. The number of hydrogen-bond donors (Lipinski definition) is 0. The van der Waals surface area contributed by atoms with Crippen LogP contribution < -0.4 is 22.0 Å². The molecule has 0 radical (unpaired) electrons. The highest BCUT2D eigenvalue weighted by molar-refractivity contribution is 6.30. The Morgan fingerprint density at radius 3 is 2.33 bits per heavy atom. The number of aromatic nitrogens is 1. The number of pyridine rings is 1. The highest BCUT2D eigenvalue weighted by atomic mass is 35.5. The van der Waals surface area contributed by atoms with E-state index >= 15 is 0 Å². The molecule has 1 nitrogen and oxygen atoms in total. The fourth-order valence-corrected chi connectivity index (χ4v) is 1.27. The van der Waals surface area contributed by atoms with E-state index in [0.29, 0.717) is 0 Å². The quantitative estimate of drug-likeness (QED) is 0.346. The first kappa shape index (κ1) is 8.87. The van der Waals surface area contributed by atoms with Gasteiger partial charge in [-0.25, -0.2) is 0 Å². The second-order valence-corrected chi connectivity index (χ2v) is 3.94. The molecule has 0 atom stereocenters. The molecule has 0 spiro atoms. The minimum Gasteiger partial charge on any atom is -1.00 e. The van der Waals surface area contributed by atoms with Crippen LogP contribution in [0.2, 0.25) is 0 Å². The first-order valence-electron chi connectivity index (χ1n) is 2.72. The molecule has 0 unspecified atom stereocenters. The molecule has 0 fully saturated rings. The fourth-order valence-electron chi connectivity index (χ4n) is 0.609. The average molecular weight is 176 g/mol. The lowest BCUT2D eigenvalue weighted by Crippen LogP contribution is -3.00. The molecule has 0 aliphatic heterocycles. The van der Waals surface area contributed by atoms with Crippen LogP contribution in [-0.4, -0.2) is 20.6 Å². The van der Waals surface area contributed by atoms with Crippen LogP contribution >= 0.6 is 0 Å². The van der Waals surface area contributed by atoms with Crippen LogP contribution in [0, 0.1) is 0 Å². The number of hydrogen-bond acceptors (Lipinski definition) is 0. The average Bonchev–Trinajstić information content (AvgIpc) is 1.77. The van der Waals surface area contributed by atoms with Gasteiger partial charge in [0, 0.05) is 0 Å². The summed E-state index contributed by atoms with van der Waals surface area (Å²) < 4.78 is 2.28. The van der Waals surface area contributed by atoms with Crippen molar-refractivity contribution in [3.05, 3.63) is 24.4 Å². The van der Waals surface area contributed by atoms with E-state index in [-0.39, 0.29) is 12.4 Å². The van der Waals surface area contributed by atoms with Gasteiger partial charge in [-0.15, -0.1) is 0 Å². The van der Waals surface area contributed by atoms with E-state index in [2.05, 4.69) is 28.6 Å². The molecule has 50 valence electrons. The van der Waals surface area contributed by atoms with E-state index in [4.69, 9.17) is 0 Å². The van der Waals surface area contributed by atoms with Gasteiger partial charge in [0.1, 0.15) is 21.8 Å². The van der Waals surface area contributed by atoms with E-state index in [9.17, 15) is 0 Å². The Hall–Kier alpha value is -0.126. The summed E-state index contributed by atoms with van der Waals surface area (Å²) in [6, 6.07) is 6.35. The third-order valence-corrected chi connectivity index (χ3v) is 4.25. The molecular formula is C5H10ClNSi2. The molecule has 1 heterocycles. The highest BCUT2D eigenvalue weighted by Gasteiger charge is 1.90. The van der Waals surface area contributed by atoms with Gasteiger partial charge in [-0.2, -0.15) is 0 Å². The second-order valence-electron chi connectivity index (χ2n) is 1.95. The van der Waals surface area contributed by atoms with Crippen LogP contribution in [0.4, 0.5) is 0 Å². The standard InChI is InChI=1S/C5H10NSi2.ClH/c7-5-3-1-2-4-6(5)8;/h1-4H,7-8H3;1H/q+1;/p-1. The predicted molar refractivity (Wildman–Crippen MR) is 41.5 cm³/mol. The summed E-state index contributed by atoms with van der Waals surface area (Å²) in [6.07, 6.45) is 2.13. The molecule has 9 heavy (non-hydrogen) atoms. The molecule has 0 aliphatic carbocycles. The van der Waals surface area contributed by atoms with Crippen molar-refractivity contribution in [2.45, 2.75) is 0 Å². The van der Waals surface area contributed by atoms with Crippen LogP contribution in [0.25, 0.3) is 0 Å². The van der Waals surface area contributed by atoms with Gasteiger partial charge >= 0.3 is 10.4 Å². The van der Waals surface area contributed by atoms with Crippen molar-refractivity contribution in [1.29, 1.82) is 0 Å². The number of rotatable bonds is 0. The SMILES string of the molecule is [Cl-].[SiH3]c1cccc[n+]1[SiH3]. The largest absolute Gasteiger partial charge is 1.00 e. The zero-order chi connectivity index (χ0) is 5.98. The Labute approximate surface area is 67.4 Å². The zero-order valence-electron chi connectivity index (χ0n) is 5.63. The topological polar surface area (TPSA) is 3.88 Å². The van der Waals surface area contributed by atoms with E-state index in [1.807, 2.05) is 0 Å². The Morgan fingerprint density at radius 2 is 2.00 bits per heavy atom. The molecule has 1 aromatic rings. The van der Waals surface area contributed by atoms with Gasteiger partial charge in [-0.05, 0) is 12.1 Å². The van der Waals surface area contributed by atoms with Gasteiger partial charge in [0.05, 0.1) is 0 Å². The van der Waals surface area contributed by atoms with Crippen LogP contribution in [0.5, 0.6) is 0 Å². The lowest BCUT2D eigenvalue weighted by Gasteiger charge is -1.89. The first-order valence-corrected chi connectivity index (χ1v) is 4.61. The van der Waals surface area contributed by atoms with E-state index < -0.39 is 0 Å². The summed E-state index contributed by atoms with van der Waals surface area (Å²) in [6.45, 7) is 0. The van der Waals surface area contributed by atoms with Gasteiger partial charge in [0.15, 0.2) is 0 Å². The van der Waals surface area contributed by atoms with Crippen LogP contribution in [-0.2, 0) is 0 Å². The zero-order valence-corrected chi connectivity index (χ0v) is 10.4. The highest BCUT2D eigenvalue weighted by Crippen LogP contribution is 1.68. The third-order valence-electron chi connectivity index (χ3n) is 1.31. The predicted octanol–water partition coefficient (Wildman–Crippen LogP) is -5.90. The molecule has 0 amide bonds. The normalized spacial score (nSPS) is 8.89. The Kier molecular flexibility index (Phi) is 3.76. The summed E-state index contributed by atoms with van der Waals surface area (Å²) in [7, 11) is 2.30. The van der Waals surface area contributed by atoms with E-state index in [1.165, 1.54) is 15.6 Å². The van der Waals surface area contributed by atoms with E-state index in [0.717, 1.165) is 10.4 Å². The van der Waals surface area contributed by atoms with Gasteiger partial charge in [0.2, 0.25) is 0 Å². The molecule has 0 saturated heterocycles. The lowest BCUT2D eigenvalue weighted by molar-refractivity contribution is -0.501. The minimum absolute atomic E-state index is 0. The van der Waals surface area contributed by atoms with Crippen molar-refractivity contribution >= 4 is 26.0 Å². The third kappa shape index (κ3) is 2.30. The van der Waals surface area contributed by atoms with Crippen LogP contribution in [0.1, 0.15) is 0 Å². The monoisotopic (exact) mass is 175 g/mol. The summed E-state index contributed by atoms with van der Waals surface area (Å²) in [5.74, 6) is 0. The lowest BCUT2D eigenvalue weighted by atomic mass is 10.5. The van der Waals surface area contributed by atoms with Crippen LogP contribution in [0.3, 0.4) is 0 Å². The molecule has 1 aromatic heterocycles. The van der Waals surface area contributed by atoms with Crippen molar-refractivity contribution in [2.75, 3.05) is 0 Å². The number of nitrogens with zero attached hydrogens (tertiary/aromatic N) is 1. The molecule has 0 bridgehead atoms.